The third kappa shape index (κ3) is 2.49. The summed E-state index contributed by atoms with van der Waals surface area (Å²) in [6.07, 6.45) is 3.26. The van der Waals surface area contributed by atoms with Gasteiger partial charge in [-0.1, -0.05) is 6.92 Å². The zero-order valence-corrected chi connectivity index (χ0v) is 11.4. The number of anilines is 1. The van der Waals surface area contributed by atoms with Crippen molar-refractivity contribution in [1.82, 2.24) is 9.38 Å². The molecule has 0 aliphatic rings. The molecule has 90 valence electrons. The second kappa shape index (κ2) is 4.87. The molecule has 2 rings (SSSR count). The summed E-state index contributed by atoms with van der Waals surface area (Å²) >= 11 is 3.47. The maximum absolute atomic E-state index is 11.5. The summed E-state index contributed by atoms with van der Waals surface area (Å²) in [6.45, 7) is 3.92. The molecule has 2 heterocycles. The molecule has 0 fully saturated rings. The molecule has 0 aliphatic heterocycles. The van der Waals surface area contributed by atoms with Gasteiger partial charge in [-0.2, -0.15) is 0 Å². The Hall–Kier alpha value is -1.36. The number of hydrogen-bond acceptors (Lipinski definition) is 2. The van der Waals surface area contributed by atoms with E-state index in [1.807, 2.05) is 36.6 Å². The van der Waals surface area contributed by atoms with Gasteiger partial charge >= 0.3 is 0 Å². The van der Waals surface area contributed by atoms with Crippen molar-refractivity contribution in [3.8, 4) is 0 Å². The van der Waals surface area contributed by atoms with E-state index in [0.29, 0.717) is 6.42 Å². The fraction of sp³-hybridized carbons (Fsp3) is 0.333. The average Bonchev–Trinajstić information content (AvgIpc) is 2.56. The van der Waals surface area contributed by atoms with Crippen LogP contribution < -0.4 is 5.32 Å². The van der Waals surface area contributed by atoms with Crippen LogP contribution in [0.1, 0.15) is 25.5 Å². The quantitative estimate of drug-likeness (QED) is 0.945. The van der Waals surface area contributed by atoms with Crippen LogP contribution in [0.2, 0.25) is 0 Å². The van der Waals surface area contributed by atoms with Crippen LogP contribution in [0.25, 0.3) is 5.65 Å². The summed E-state index contributed by atoms with van der Waals surface area (Å²) < 4.78 is 2.83. The third-order valence-corrected chi connectivity index (χ3v) is 3.44. The lowest BCUT2D eigenvalue weighted by Crippen LogP contribution is -2.10. The molecule has 2 aromatic rings. The first-order valence-corrected chi connectivity index (χ1v) is 6.35. The molecule has 0 bridgehead atoms. The van der Waals surface area contributed by atoms with E-state index >= 15 is 0 Å². The van der Waals surface area contributed by atoms with E-state index in [9.17, 15) is 4.79 Å². The number of halogens is 1. The number of carbonyl (C=O) groups excluding carboxylic acids is 1. The van der Waals surface area contributed by atoms with Gasteiger partial charge in [0.1, 0.15) is 10.3 Å². The summed E-state index contributed by atoms with van der Waals surface area (Å²) in [5.74, 6) is 0.0415. The van der Waals surface area contributed by atoms with Crippen LogP contribution >= 0.6 is 15.9 Å². The number of carbonyl (C=O) groups is 1. The van der Waals surface area contributed by atoms with E-state index < -0.39 is 0 Å². The number of fused-ring (bicyclic) bond motifs is 1. The van der Waals surface area contributed by atoms with Crippen LogP contribution in [0.15, 0.2) is 22.9 Å². The van der Waals surface area contributed by atoms with Gasteiger partial charge in [0, 0.05) is 12.6 Å². The van der Waals surface area contributed by atoms with Crippen molar-refractivity contribution in [1.29, 1.82) is 0 Å². The van der Waals surface area contributed by atoms with Crippen molar-refractivity contribution in [2.45, 2.75) is 26.7 Å². The minimum absolute atomic E-state index is 0.0415. The fourth-order valence-corrected chi connectivity index (χ4v) is 2.03. The number of aromatic nitrogens is 2. The van der Waals surface area contributed by atoms with Crippen LogP contribution in [-0.4, -0.2) is 15.3 Å². The summed E-state index contributed by atoms with van der Waals surface area (Å²) in [6, 6.07) is 3.75. The first-order valence-electron chi connectivity index (χ1n) is 5.56. The predicted molar refractivity (Wildman–Crippen MR) is 71.2 cm³/mol. The predicted octanol–water partition coefficient (Wildman–Crippen LogP) is 3.14. The second-order valence-electron chi connectivity index (χ2n) is 3.93. The maximum atomic E-state index is 11.5. The number of rotatable bonds is 3. The van der Waals surface area contributed by atoms with Crippen LogP contribution in [-0.2, 0) is 4.79 Å². The van der Waals surface area contributed by atoms with E-state index in [2.05, 4.69) is 26.2 Å². The van der Waals surface area contributed by atoms with Crippen molar-refractivity contribution in [3.05, 3.63) is 28.6 Å². The summed E-state index contributed by atoms with van der Waals surface area (Å²) in [5, 5.41) is 2.86. The Balaban J connectivity index is 2.31. The lowest BCUT2D eigenvalue weighted by atomic mass is 10.3. The lowest BCUT2D eigenvalue weighted by Gasteiger charge is -2.05. The molecule has 1 amide bonds. The molecule has 0 aromatic carbocycles. The van der Waals surface area contributed by atoms with Crippen molar-refractivity contribution >= 4 is 33.2 Å². The van der Waals surface area contributed by atoms with Crippen LogP contribution in [0.3, 0.4) is 0 Å². The highest BCUT2D eigenvalue weighted by molar-refractivity contribution is 9.10. The van der Waals surface area contributed by atoms with Gasteiger partial charge in [0.15, 0.2) is 0 Å². The SMILES string of the molecule is CCCC(=O)Nc1ccc2nc(C)c(Br)n2c1. The van der Waals surface area contributed by atoms with Crippen LogP contribution in [0.5, 0.6) is 0 Å². The number of amides is 1. The number of hydrogen-bond donors (Lipinski definition) is 1. The molecular formula is C12H14BrN3O. The van der Waals surface area contributed by atoms with E-state index in [-0.39, 0.29) is 5.91 Å². The van der Waals surface area contributed by atoms with Crippen molar-refractivity contribution in [2.24, 2.45) is 0 Å². The minimum Gasteiger partial charge on any atom is -0.325 e. The Morgan fingerprint density at radius 1 is 1.53 bits per heavy atom. The first kappa shape index (κ1) is 12.1. The maximum Gasteiger partial charge on any atom is 0.224 e. The molecule has 2 aromatic heterocycles. The normalized spacial score (nSPS) is 10.8. The van der Waals surface area contributed by atoms with Gasteiger partial charge in [0.2, 0.25) is 5.91 Å². The minimum atomic E-state index is 0.0415. The second-order valence-corrected chi connectivity index (χ2v) is 4.68. The molecule has 5 heteroatoms. The number of pyridine rings is 1. The zero-order valence-electron chi connectivity index (χ0n) is 9.83. The lowest BCUT2D eigenvalue weighted by molar-refractivity contribution is -0.116. The van der Waals surface area contributed by atoms with Gasteiger partial charge in [-0.05, 0) is 41.4 Å². The standard InChI is InChI=1S/C12H14BrN3O/c1-3-4-11(17)15-9-5-6-10-14-8(2)12(13)16(10)7-9/h5-7H,3-4H2,1-2H3,(H,15,17). The summed E-state index contributed by atoms with van der Waals surface area (Å²) in [7, 11) is 0. The van der Waals surface area contributed by atoms with Gasteiger partial charge in [-0.15, -0.1) is 0 Å². The largest absolute Gasteiger partial charge is 0.325 e. The van der Waals surface area contributed by atoms with E-state index in [4.69, 9.17) is 0 Å². The Morgan fingerprint density at radius 3 is 3.00 bits per heavy atom. The highest BCUT2D eigenvalue weighted by Gasteiger charge is 2.07. The van der Waals surface area contributed by atoms with Gasteiger partial charge in [0.05, 0.1) is 11.4 Å². The number of imidazole rings is 1. The summed E-state index contributed by atoms with van der Waals surface area (Å²) in [4.78, 5) is 15.9. The molecule has 0 radical (unpaired) electrons. The van der Waals surface area contributed by atoms with Gasteiger partial charge in [0.25, 0.3) is 0 Å². The smallest absolute Gasteiger partial charge is 0.224 e. The van der Waals surface area contributed by atoms with Crippen molar-refractivity contribution < 1.29 is 4.79 Å². The van der Waals surface area contributed by atoms with Gasteiger partial charge in [-0.25, -0.2) is 4.98 Å². The van der Waals surface area contributed by atoms with Crippen LogP contribution in [0, 0.1) is 6.92 Å². The first-order chi connectivity index (χ1) is 8.11. The fourth-order valence-electron chi connectivity index (χ4n) is 1.66. The average molecular weight is 296 g/mol. The Bertz CT molecular complexity index is 562. The Morgan fingerprint density at radius 2 is 2.29 bits per heavy atom. The van der Waals surface area contributed by atoms with Crippen LogP contribution in [0.4, 0.5) is 5.69 Å². The molecule has 0 spiro atoms. The highest BCUT2D eigenvalue weighted by Crippen LogP contribution is 2.20. The van der Waals surface area contributed by atoms with Crippen molar-refractivity contribution in [3.63, 3.8) is 0 Å². The Kier molecular flexibility index (Phi) is 3.47. The molecule has 17 heavy (non-hydrogen) atoms. The number of nitrogens with one attached hydrogen (secondary N) is 1. The van der Waals surface area contributed by atoms with Crippen molar-refractivity contribution in [2.75, 3.05) is 5.32 Å². The van der Waals surface area contributed by atoms with E-state index in [0.717, 1.165) is 28.1 Å². The molecule has 4 nitrogen and oxygen atoms in total. The van der Waals surface area contributed by atoms with Gasteiger partial charge in [-0.3, -0.25) is 9.20 Å². The molecular weight excluding hydrogens is 282 g/mol. The molecule has 0 saturated heterocycles. The Labute approximate surface area is 108 Å². The molecule has 0 saturated carbocycles. The van der Waals surface area contributed by atoms with E-state index in [1.165, 1.54) is 0 Å². The molecule has 0 unspecified atom stereocenters. The third-order valence-electron chi connectivity index (χ3n) is 2.48. The molecule has 0 atom stereocenters. The topological polar surface area (TPSA) is 46.4 Å². The molecule has 1 N–H and O–H groups in total. The zero-order chi connectivity index (χ0) is 12.4. The highest BCUT2D eigenvalue weighted by atomic mass is 79.9. The van der Waals surface area contributed by atoms with E-state index in [1.54, 1.807) is 0 Å². The monoisotopic (exact) mass is 295 g/mol. The van der Waals surface area contributed by atoms with Gasteiger partial charge < -0.3 is 5.32 Å². The number of nitrogens with zero attached hydrogens (tertiary/aromatic N) is 2. The summed E-state index contributed by atoms with van der Waals surface area (Å²) in [5.41, 5.74) is 2.58. The number of aryl methyl sites for hydroxylation is 1. The molecule has 0 aliphatic carbocycles.